The van der Waals surface area contributed by atoms with Crippen LogP contribution in [0.2, 0.25) is 0 Å². The first kappa shape index (κ1) is 17.8. The summed E-state index contributed by atoms with van der Waals surface area (Å²) in [6.45, 7) is 1.10. The fraction of sp³-hybridized carbons (Fsp3) is 0.278. The molecule has 24 heavy (non-hydrogen) atoms. The van der Waals surface area contributed by atoms with Gasteiger partial charge in [0.25, 0.3) is 0 Å². The van der Waals surface area contributed by atoms with Crippen molar-refractivity contribution in [1.82, 2.24) is 5.32 Å². The summed E-state index contributed by atoms with van der Waals surface area (Å²) in [7, 11) is 1.93. The lowest BCUT2D eigenvalue weighted by Crippen LogP contribution is -2.33. The molecule has 0 heterocycles. The maximum absolute atomic E-state index is 12.5. The Morgan fingerprint density at radius 2 is 1.67 bits per heavy atom. The number of anilines is 1. The lowest BCUT2D eigenvalue weighted by Gasteiger charge is -2.19. The van der Waals surface area contributed by atoms with E-state index >= 15 is 0 Å². The normalized spacial score (nSPS) is 11.2. The topological polar surface area (TPSA) is 32.3 Å². The highest BCUT2D eigenvalue weighted by atomic mass is 19.4. The molecule has 1 N–H and O–H groups in total. The predicted octanol–water partition coefficient (Wildman–Crippen LogP) is 3.50. The van der Waals surface area contributed by atoms with Crippen LogP contribution in [0.25, 0.3) is 0 Å². The van der Waals surface area contributed by atoms with Gasteiger partial charge < -0.3 is 10.2 Å². The van der Waals surface area contributed by atoms with Crippen molar-refractivity contribution in [3.8, 4) is 0 Å². The fourth-order valence-corrected chi connectivity index (χ4v) is 2.23. The maximum Gasteiger partial charge on any atom is 0.416 e. The minimum Gasteiger partial charge on any atom is -0.373 e. The summed E-state index contributed by atoms with van der Waals surface area (Å²) in [6.07, 6.45) is -4.30. The number of halogens is 3. The van der Waals surface area contributed by atoms with Crippen LogP contribution in [0.15, 0.2) is 54.6 Å². The Balaban J connectivity index is 1.77. The van der Waals surface area contributed by atoms with Crippen molar-refractivity contribution in [2.45, 2.75) is 12.6 Å². The first-order valence-corrected chi connectivity index (χ1v) is 7.55. The highest BCUT2D eigenvalue weighted by molar-refractivity contribution is 5.78. The zero-order valence-electron chi connectivity index (χ0n) is 13.3. The highest BCUT2D eigenvalue weighted by Crippen LogP contribution is 2.29. The number of carbonyl (C=O) groups is 1. The van der Waals surface area contributed by atoms with Crippen molar-refractivity contribution in [2.75, 3.05) is 25.0 Å². The molecule has 0 aliphatic carbocycles. The van der Waals surface area contributed by atoms with Gasteiger partial charge in [0.1, 0.15) is 0 Å². The van der Waals surface area contributed by atoms with Gasteiger partial charge in [0.15, 0.2) is 0 Å². The van der Waals surface area contributed by atoms with Gasteiger partial charge in [0.05, 0.1) is 12.0 Å². The van der Waals surface area contributed by atoms with Crippen LogP contribution in [0.5, 0.6) is 0 Å². The van der Waals surface area contributed by atoms with E-state index in [1.54, 1.807) is 0 Å². The molecule has 6 heteroatoms. The average molecular weight is 336 g/mol. The van der Waals surface area contributed by atoms with Gasteiger partial charge >= 0.3 is 6.18 Å². The third kappa shape index (κ3) is 5.30. The molecule has 2 aromatic rings. The van der Waals surface area contributed by atoms with E-state index in [2.05, 4.69) is 5.32 Å². The number of nitrogens with one attached hydrogen (secondary N) is 1. The molecule has 2 aromatic carbocycles. The second kappa shape index (κ2) is 7.86. The number of nitrogens with zero attached hydrogens (tertiary/aromatic N) is 1. The van der Waals surface area contributed by atoms with Crippen LogP contribution >= 0.6 is 0 Å². The number of carbonyl (C=O) groups excluding carboxylic acids is 1. The number of amides is 1. The molecule has 128 valence electrons. The molecule has 0 fully saturated rings. The summed E-state index contributed by atoms with van der Waals surface area (Å²) in [5.74, 6) is -0.212. The van der Waals surface area contributed by atoms with Gasteiger partial charge in [-0.15, -0.1) is 0 Å². The van der Waals surface area contributed by atoms with E-state index in [0.29, 0.717) is 18.7 Å². The highest BCUT2D eigenvalue weighted by Gasteiger charge is 2.29. The summed E-state index contributed by atoms with van der Waals surface area (Å²) < 4.78 is 37.4. The zero-order valence-corrected chi connectivity index (χ0v) is 13.3. The van der Waals surface area contributed by atoms with Gasteiger partial charge in [0, 0.05) is 25.8 Å². The molecule has 0 unspecified atom stereocenters. The third-order valence-corrected chi connectivity index (χ3v) is 3.61. The molecule has 0 radical (unpaired) electrons. The van der Waals surface area contributed by atoms with Gasteiger partial charge in [0.2, 0.25) is 5.91 Å². The molecule has 1 amide bonds. The first-order chi connectivity index (χ1) is 11.4. The van der Waals surface area contributed by atoms with E-state index in [9.17, 15) is 18.0 Å². The van der Waals surface area contributed by atoms with Gasteiger partial charge in [-0.1, -0.05) is 30.3 Å². The molecule has 0 aromatic heterocycles. The number of hydrogen-bond acceptors (Lipinski definition) is 2. The Morgan fingerprint density at radius 1 is 1.04 bits per heavy atom. The standard InChI is InChI=1S/C18H19F3N2O/c1-23(16-5-3-2-4-6-16)12-11-22-17(24)13-14-7-9-15(10-8-14)18(19,20)21/h2-10H,11-13H2,1H3,(H,22,24). The van der Waals surface area contributed by atoms with Crippen LogP contribution in [0.4, 0.5) is 18.9 Å². The van der Waals surface area contributed by atoms with Crippen molar-refractivity contribution < 1.29 is 18.0 Å². The summed E-state index contributed by atoms with van der Waals surface area (Å²) in [6, 6.07) is 14.4. The van der Waals surface area contributed by atoms with Crippen molar-refractivity contribution in [2.24, 2.45) is 0 Å². The summed E-state index contributed by atoms with van der Waals surface area (Å²) in [5.41, 5.74) is 0.891. The van der Waals surface area contributed by atoms with Gasteiger partial charge in [-0.05, 0) is 29.8 Å². The Kier molecular flexibility index (Phi) is 5.84. The number of benzene rings is 2. The lowest BCUT2D eigenvalue weighted by molar-refractivity contribution is -0.137. The minimum atomic E-state index is -4.36. The molecule has 0 aliphatic rings. The van der Waals surface area contributed by atoms with E-state index in [-0.39, 0.29) is 12.3 Å². The molecule has 0 spiro atoms. The van der Waals surface area contributed by atoms with Crippen molar-refractivity contribution in [1.29, 1.82) is 0 Å². The first-order valence-electron chi connectivity index (χ1n) is 7.55. The van der Waals surface area contributed by atoms with Crippen LogP contribution in [0, 0.1) is 0 Å². The second-order valence-corrected chi connectivity index (χ2v) is 5.48. The van der Waals surface area contributed by atoms with Gasteiger partial charge in [-0.25, -0.2) is 0 Å². The molecule has 0 saturated heterocycles. The van der Waals surface area contributed by atoms with Crippen LogP contribution < -0.4 is 10.2 Å². The maximum atomic E-state index is 12.5. The van der Waals surface area contributed by atoms with E-state index in [0.717, 1.165) is 17.8 Å². The summed E-state index contributed by atoms with van der Waals surface area (Å²) >= 11 is 0. The summed E-state index contributed by atoms with van der Waals surface area (Å²) in [5, 5.41) is 2.77. The van der Waals surface area contributed by atoms with E-state index in [1.165, 1.54) is 12.1 Å². The molecular formula is C18H19F3N2O. The fourth-order valence-electron chi connectivity index (χ4n) is 2.23. The average Bonchev–Trinajstić information content (AvgIpc) is 2.55. The van der Waals surface area contributed by atoms with Crippen LogP contribution in [-0.2, 0) is 17.4 Å². The smallest absolute Gasteiger partial charge is 0.373 e. The monoisotopic (exact) mass is 336 g/mol. The van der Waals surface area contributed by atoms with E-state index in [4.69, 9.17) is 0 Å². The number of alkyl halides is 3. The SMILES string of the molecule is CN(CCNC(=O)Cc1ccc(C(F)(F)F)cc1)c1ccccc1. The Bertz CT molecular complexity index is 654. The van der Waals surface area contributed by atoms with Crippen molar-refractivity contribution >= 4 is 11.6 Å². The van der Waals surface area contributed by atoms with Crippen LogP contribution in [0.3, 0.4) is 0 Å². The molecule has 3 nitrogen and oxygen atoms in total. The molecule has 0 atom stereocenters. The lowest BCUT2D eigenvalue weighted by atomic mass is 10.1. The third-order valence-electron chi connectivity index (χ3n) is 3.61. The molecule has 0 saturated carbocycles. The van der Waals surface area contributed by atoms with Crippen molar-refractivity contribution in [3.05, 3.63) is 65.7 Å². The van der Waals surface area contributed by atoms with Crippen LogP contribution in [-0.4, -0.2) is 26.0 Å². The van der Waals surface area contributed by atoms with E-state index < -0.39 is 11.7 Å². The Labute approximate surface area is 139 Å². The van der Waals surface area contributed by atoms with Crippen molar-refractivity contribution in [3.63, 3.8) is 0 Å². The molecule has 2 rings (SSSR count). The largest absolute Gasteiger partial charge is 0.416 e. The number of para-hydroxylation sites is 1. The number of rotatable bonds is 6. The van der Waals surface area contributed by atoms with Gasteiger partial charge in [-0.3, -0.25) is 4.79 Å². The van der Waals surface area contributed by atoms with Crippen LogP contribution in [0.1, 0.15) is 11.1 Å². The number of hydrogen-bond donors (Lipinski definition) is 1. The zero-order chi connectivity index (χ0) is 17.6. The minimum absolute atomic E-state index is 0.0627. The molecule has 0 aliphatic heterocycles. The summed E-state index contributed by atoms with van der Waals surface area (Å²) in [4.78, 5) is 13.9. The Hall–Kier alpha value is -2.50. The van der Waals surface area contributed by atoms with E-state index in [1.807, 2.05) is 42.3 Å². The quantitative estimate of drug-likeness (QED) is 0.876. The van der Waals surface area contributed by atoms with Gasteiger partial charge in [-0.2, -0.15) is 13.2 Å². The Morgan fingerprint density at radius 3 is 2.25 bits per heavy atom. The predicted molar refractivity (Wildman–Crippen MR) is 87.9 cm³/mol. The molecular weight excluding hydrogens is 317 g/mol. The molecule has 0 bridgehead atoms. The number of likely N-dealkylation sites (N-methyl/N-ethyl adjacent to an activating group) is 1. The second-order valence-electron chi connectivity index (χ2n) is 5.48.